The minimum atomic E-state index is -0.504. The topological polar surface area (TPSA) is 49.9 Å². The summed E-state index contributed by atoms with van der Waals surface area (Å²) in [5.41, 5.74) is 1.94. The molecule has 0 fully saturated rings. The molecule has 1 aliphatic rings. The fourth-order valence-corrected chi connectivity index (χ4v) is 3.26. The number of amides is 2. The molecule has 1 atom stereocenters. The molecule has 0 saturated carbocycles. The molecule has 1 aliphatic heterocycles. The van der Waals surface area contributed by atoms with Crippen LogP contribution < -0.4 is 4.90 Å². The second-order valence-corrected chi connectivity index (χ2v) is 6.53. The molecule has 0 spiro atoms. The average Bonchev–Trinajstić information content (AvgIpc) is 2.64. The number of carbonyl (C=O) groups is 2. The summed E-state index contributed by atoms with van der Waals surface area (Å²) in [6.45, 7) is 1.85. The van der Waals surface area contributed by atoms with Crippen molar-refractivity contribution in [3.63, 3.8) is 0 Å². The van der Waals surface area contributed by atoms with Crippen LogP contribution in [0.15, 0.2) is 36.4 Å². The highest BCUT2D eigenvalue weighted by molar-refractivity contribution is 6.31. The van der Waals surface area contributed by atoms with Crippen molar-refractivity contribution in [3.8, 4) is 0 Å². The maximum Gasteiger partial charge on any atom is 0.337 e. The van der Waals surface area contributed by atoms with E-state index in [2.05, 4.69) is 0 Å². The summed E-state index contributed by atoms with van der Waals surface area (Å²) >= 11 is 6.13. The number of urea groups is 1. The number of nitrogens with zero attached hydrogens (tertiary/aromatic N) is 2. The summed E-state index contributed by atoms with van der Waals surface area (Å²) in [6.07, 6.45) is 0. The first-order valence-electron chi connectivity index (χ1n) is 8.04. The Hall–Kier alpha value is -2.60. The monoisotopic (exact) mass is 376 g/mol. The summed E-state index contributed by atoms with van der Waals surface area (Å²) < 4.78 is 19.0. The van der Waals surface area contributed by atoms with E-state index in [0.717, 1.165) is 5.56 Å². The van der Waals surface area contributed by atoms with Gasteiger partial charge in [-0.05, 0) is 36.8 Å². The van der Waals surface area contributed by atoms with Gasteiger partial charge >= 0.3 is 12.0 Å². The van der Waals surface area contributed by atoms with E-state index in [0.29, 0.717) is 11.3 Å². The van der Waals surface area contributed by atoms with Gasteiger partial charge in [0.1, 0.15) is 5.82 Å². The normalized spacial score (nSPS) is 16.5. The van der Waals surface area contributed by atoms with Crippen LogP contribution in [-0.2, 0) is 11.3 Å². The van der Waals surface area contributed by atoms with E-state index >= 15 is 0 Å². The van der Waals surface area contributed by atoms with Gasteiger partial charge in [-0.2, -0.15) is 0 Å². The zero-order chi connectivity index (χ0) is 19.0. The molecule has 0 bridgehead atoms. The third-order valence-electron chi connectivity index (χ3n) is 4.68. The number of hydrogen-bond acceptors (Lipinski definition) is 3. The predicted molar refractivity (Wildman–Crippen MR) is 96.9 cm³/mol. The van der Waals surface area contributed by atoms with Crippen molar-refractivity contribution in [2.75, 3.05) is 19.1 Å². The first-order valence-corrected chi connectivity index (χ1v) is 8.42. The largest absolute Gasteiger partial charge is 0.465 e. The lowest BCUT2D eigenvalue weighted by molar-refractivity contribution is 0.0600. The van der Waals surface area contributed by atoms with Crippen LogP contribution >= 0.6 is 11.6 Å². The molecule has 0 aromatic heterocycles. The predicted octanol–water partition coefficient (Wildman–Crippen LogP) is 4.40. The molecule has 3 rings (SSSR count). The Morgan fingerprint density at radius 2 is 2.04 bits per heavy atom. The van der Waals surface area contributed by atoms with E-state index in [-0.39, 0.29) is 29.2 Å². The fraction of sp³-hybridized carbons (Fsp3) is 0.263. The maximum atomic E-state index is 14.2. The number of carbonyl (C=O) groups excluding carboxylic acids is 2. The van der Waals surface area contributed by atoms with Gasteiger partial charge in [0.25, 0.3) is 0 Å². The van der Waals surface area contributed by atoms with Crippen molar-refractivity contribution < 1.29 is 18.7 Å². The number of halogens is 2. The summed E-state index contributed by atoms with van der Waals surface area (Å²) in [6, 6.07) is 8.93. The van der Waals surface area contributed by atoms with Gasteiger partial charge in [0, 0.05) is 17.6 Å². The zero-order valence-corrected chi connectivity index (χ0v) is 15.4. The summed E-state index contributed by atoms with van der Waals surface area (Å²) in [5.74, 6) is -0.993. The molecule has 2 amide bonds. The van der Waals surface area contributed by atoms with E-state index in [9.17, 15) is 14.0 Å². The molecule has 0 N–H and O–H groups in total. The fourth-order valence-electron chi connectivity index (χ4n) is 3.04. The molecule has 2 aromatic carbocycles. The van der Waals surface area contributed by atoms with Crippen molar-refractivity contribution in [1.29, 1.82) is 0 Å². The average molecular weight is 377 g/mol. The second-order valence-electron chi connectivity index (χ2n) is 6.12. The molecule has 0 saturated heterocycles. The molecular weight excluding hydrogens is 359 g/mol. The van der Waals surface area contributed by atoms with Crippen molar-refractivity contribution >= 4 is 29.3 Å². The van der Waals surface area contributed by atoms with Crippen LogP contribution in [0, 0.1) is 5.82 Å². The molecule has 5 nitrogen and oxygen atoms in total. The number of fused-ring (bicyclic) bond motifs is 1. The highest BCUT2D eigenvalue weighted by Crippen LogP contribution is 2.38. The third-order valence-corrected chi connectivity index (χ3v) is 5.04. The SMILES string of the molecule is COC(=O)c1ccc2c(c1)N(Cc1c(F)cccc1Cl)C(=O)N(C)[C@@H]2C. The number of ether oxygens (including phenoxy) is 1. The summed E-state index contributed by atoms with van der Waals surface area (Å²) in [5, 5.41) is 0.241. The van der Waals surface area contributed by atoms with Crippen molar-refractivity contribution in [3.05, 3.63) is 63.9 Å². The highest BCUT2D eigenvalue weighted by Gasteiger charge is 2.34. The molecule has 2 aromatic rings. The quantitative estimate of drug-likeness (QED) is 0.746. The molecule has 0 aliphatic carbocycles. The van der Waals surface area contributed by atoms with Crippen molar-refractivity contribution in [2.45, 2.75) is 19.5 Å². The Balaban J connectivity index is 2.11. The lowest BCUT2D eigenvalue weighted by Gasteiger charge is -2.39. The number of anilines is 1. The third kappa shape index (κ3) is 3.01. The van der Waals surface area contributed by atoms with Gasteiger partial charge in [0.05, 0.1) is 30.9 Å². The lowest BCUT2D eigenvalue weighted by Crippen LogP contribution is -2.46. The molecule has 0 radical (unpaired) electrons. The van der Waals surface area contributed by atoms with E-state index in [1.54, 1.807) is 36.2 Å². The highest BCUT2D eigenvalue weighted by atomic mass is 35.5. The Morgan fingerprint density at radius 3 is 2.69 bits per heavy atom. The molecular formula is C19H18ClFN2O3. The number of hydrogen-bond donors (Lipinski definition) is 0. The standard InChI is InChI=1S/C19H18ClFN2O3/c1-11-13-8-7-12(18(24)26-3)9-17(13)23(19(25)22(11)2)10-14-15(20)5-4-6-16(14)21/h4-9,11H,10H2,1-3H3/t11-/m1/s1. The number of esters is 1. The van der Waals surface area contributed by atoms with Gasteiger partial charge in [0.15, 0.2) is 0 Å². The molecule has 26 heavy (non-hydrogen) atoms. The Morgan fingerprint density at radius 1 is 1.31 bits per heavy atom. The minimum Gasteiger partial charge on any atom is -0.465 e. The van der Waals surface area contributed by atoms with Crippen LogP contribution in [0.1, 0.15) is 34.5 Å². The van der Waals surface area contributed by atoms with Gasteiger partial charge in [-0.15, -0.1) is 0 Å². The van der Waals surface area contributed by atoms with Crippen LogP contribution in [0.5, 0.6) is 0 Å². The first-order chi connectivity index (χ1) is 12.3. The number of benzene rings is 2. The van der Waals surface area contributed by atoms with Gasteiger partial charge in [-0.1, -0.05) is 23.7 Å². The second kappa shape index (κ2) is 6.96. The van der Waals surface area contributed by atoms with Gasteiger partial charge < -0.3 is 9.64 Å². The van der Waals surface area contributed by atoms with E-state index in [1.807, 2.05) is 6.92 Å². The molecule has 136 valence electrons. The number of rotatable bonds is 3. The maximum absolute atomic E-state index is 14.2. The van der Waals surface area contributed by atoms with E-state index in [1.165, 1.54) is 24.1 Å². The Labute approximate surface area is 155 Å². The minimum absolute atomic E-state index is 0.0426. The van der Waals surface area contributed by atoms with Crippen molar-refractivity contribution in [1.82, 2.24) is 4.90 Å². The molecule has 7 heteroatoms. The Bertz CT molecular complexity index is 867. The van der Waals surface area contributed by atoms with Crippen LogP contribution in [0.25, 0.3) is 0 Å². The number of methoxy groups -OCH3 is 1. The van der Waals surface area contributed by atoms with Crippen LogP contribution in [-0.4, -0.2) is 31.1 Å². The molecule has 0 unspecified atom stereocenters. The smallest absolute Gasteiger partial charge is 0.337 e. The van der Waals surface area contributed by atoms with E-state index in [4.69, 9.17) is 16.3 Å². The summed E-state index contributed by atoms with van der Waals surface area (Å²) in [7, 11) is 2.97. The first kappa shape index (κ1) is 18.2. The summed E-state index contributed by atoms with van der Waals surface area (Å²) in [4.78, 5) is 27.7. The van der Waals surface area contributed by atoms with Crippen LogP contribution in [0.2, 0.25) is 5.02 Å². The Kier molecular flexibility index (Phi) is 4.87. The van der Waals surface area contributed by atoms with E-state index < -0.39 is 11.8 Å². The van der Waals surface area contributed by atoms with Gasteiger partial charge in [-0.25, -0.2) is 14.0 Å². The van der Waals surface area contributed by atoms with Gasteiger partial charge in [-0.3, -0.25) is 4.90 Å². The lowest BCUT2D eigenvalue weighted by atomic mass is 9.98. The van der Waals surface area contributed by atoms with Crippen molar-refractivity contribution in [2.24, 2.45) is 0 Å². The zero-order valence-electron chi connectivity index (χ0n) is 14.6. The molecule has 1 heterocycles. The van der Waals surface area contributed by atoms with Crippen LogP contribution in [0.4, 0.5) is 14.9 Å². The van der Waals surface area contributed by atoms with Gasteiger partial charge in [0.2, 0.25) is 0 Å². The van der Waals surface area contributed by atoms with Crippen LogP contribution in [0.3, 0.4) is 0 Å².